The molecule has 0 saturated heterocycles. The van der Waals surface area contributed by atoms with Gasteiger partial charge in [-0.1, -0.05) is 19.8 Å². The van der Waals surface area contributed by atoms with Crippen LogP contribution >= 0.6 is 0 Å². The first-order chi connectivity index (χ1) is 6.91. The zero-order chi connectivity index (χ0) is 10.5. The van der Waals surface area contributed by atoms with Crippen LogP contribution in [0.25, 0.3) is 0 Å². The fraction of sp³-hybridized carbons (Fsp3) is 0.818. The second-order valence-corrected chi connectivity index (χ2v) is 3.31. The molecule has 0 saturated carbocycles. The molecule has 0 aromatic heterocycles. The highest BCUT2D eigenvalue weighted by atomic mass is 14.7. The summed E-state index contributed by atoms with van der Waals surface area (Å²) in [6.45, 7) is 4.77. The van der Waals surface area contributed by atoms with Crippen LogP contribution in [0, 0.1) is 0 Å². The fourth-order valence-corrected chi connectivity index (χ4v) is 1.04. The maximum atomic E-state index is 5.36. The Morgan fingerprint density at radius 1 is 0.929 bits per heavy atom. The lowest BCUT2D eigenvalue weighted by atomic mass is 10.2. The third-order valence-corrected chi connectivity index (χ3v) is 1.91. The van der Waals surface area contributed by atoms with Crippen molar-refractivity contribution in [2.45, 2.75) is 39.0 Å². The van der Waals surface area contributed by atoms with E-state index in [0.29, 0.717) is 0 Å². The van der Waals surface area contributed by atoms with Gasteiger partial charge in [-0.05, 0) is 25.8 Å². The maximum Gasteiger partial charge on any atom is 0.0390 e. The average Bonchev–Trinajstić information content (AvgIpc) is 2.21. The molecule has 3 nitrogen and oxygen atoms in total. The highest BCUT2D eigenvalue weighted by Gasteiger charge is 1.82. The summed E-state index contributed by atoms with van der Waals surface area (Å²) in [6, 6.07) is 0. The summed E-state index contributed by atoms with van der Waals surface area (Å²) in [5.41, 5.74) is 5.36. The summed E-state index contributed by atoms with van der Waals surface area (Å²) in [5.74, 6) is 0. The fourth-order valence-electron chi connectivity index (χ4n) is 1.04. The molecular formula is C11H23N3. The van der Waals surface area contributed by atoms with Crippen LogP contribution in [0.3, 0.4) is 0 Å². The van der Waals surface area contributed by atoms with Gasteiger partial charge in [-0.2, -0.15) is 0 Å². The van der Waals surface area contributed by atoms with Crippen molar-refractivity contribution in [3.05, 3.63) is 0 Å². The Morgan fingerprint density at radius 3 is 2.00 bits per heavy atom. The Labute approximate surface area is 87.5 Å². The minimum Gasteiger partial charge on any atom is -0.330 e. The van der Waals surface area contributed by atoms with Gasteiger partial charge >= 0.3 is 0 Å². The number of nitrogens with two attached hydrogens (primary N) is 1. The Morgan fingerprint density at radius 2 is 1.50 bits per heavy atom. The lowest BCUT2D eigenvalue weighted by Crippen LogP contribution is -1.98. The molecule has 0 fully saturated rings. The average molecular weight is 197 g/mol. The van der Waals surface area contributed by atoms with E-state index in [1.807, 2.05) is 0 Å². The Hall–Kier alpha value is -0.700. The molecule has 0 bridgehead atoms. The minimum atomic E-state index is 0.765. The molecule has 0 radical (unpaired) electrons. The summed E-state index contributed by atoms with van der Waals surface area (Å²) in [5, 5.41) is 0. The number of nitrogens with zero attached hydrogens (tertiary/aromatic N) is 2. The van der Waals surface area contributed by atoms with Crippen molar-refractivity contribution < 1.29 is 0 Å². The van der Waals surface area contributed by atoms with Gasteiger partial charge in [0.2, 0.25) is 0 Å². The van der Waals surface area contributed by atoms with Gasteiger partial charge in [0.1, 0.15) is 0 Å². The SMILES string of the molecule is CCCCC/N=C/C=N/CCCCN. The van der Waals surface area contributed by atoms with E-state index in [2.05, 4.69) is 16.9 Å². The van der Waals surface area contributed by atoms with Crippen molar-refractivity contribution >= 4 is 12.4 Å². The maximum absolute atomic E-state index is 5.36. The second-order valence-electron chi connectivity index (χ2n) is 3.31. The predicted octanol–water partition coefficient (Wildman–Crippen LogP) is 2.06. The first-order valence-electron chi connectivity index (χ1n) is 5.60. The van der Waals surface area contributed by atoms with E-state index < -0.39 is 0 Å². The molecule has 14 heavy (non-hydrogen) atoms. The van der Waals surface area contributed by atoms with Crippen LogP contribution in [-0.4, -0.2) is 32.1 Å². The summed E-state index contributed by atoms with van der Waals surface area (Å²) < 4.78 is 0. The normalized spacial score (nSPS) is 11.9. The standard InChI is InChI=1S/C11H23N3/c1-2-3-5-8-13-10-11-14-9-6-4-7-12/h10-11H,2-9,12H2,1H3/b13-10+,14-11+. The first-order valence-corrected chi connectivity index (χ1v) is 5.60. The van der Waals surface area contributed by atoms with Crippen LogP contribution in [0.2, 0.25) is 0 Å². The first kappa shape index (κ1) is 13.3. The van der Waals surface area contributed by atoms with Crippen molar-refractivity contribution in [3.63, 3.8) is 0 Å². The van der Waals surface area contributed by atoms with Crippen molar-refractivity contribution in [1.29, 1.82) is 0 Å². The molecule has 0 aliphatic heterocycles. The molecule has 0 aromatic carbocycles. The van der Waals surface area contributed by atoms with Crippen LogP contribution in [0.4, 0.5) is 0 Å². The molecule has 3 heteroatoms. The number of unbranched alkanes of at least 4 members (excludes halogenated alkanes) is 3. The Bertz CT molecular complexity index is 135. The Kier molecular flexibility index (Phi) is 11.7. The third kappa shape index (κ3) is 11.3. The van der Waals surface area contributed by atoms with Crippen molar-refractivity contribution in [3.8, 4) is 0 Å². The molecule has 0 rings (SSSR count). The Balaban J connectivity index is 3.15. The molecular weight excluding hydrogens is 174 g/mol. The van der Waals surface area contributed by atoms with Gasteiger partial charge in [-0.15, -0.1) is 0 Å². The molecule has 2 N–H and O–H groups in total. The molecule has 0 aliphatic rings. The van der Waals surface area contributed by atoms with Crippen molar-refractivity contribution in [1.82, 2.24) is 0 Å². The molecule has 0 amide bonds. The quantitative estimate of drug-likeness (QED) is 0.446. The zero-order valence-corrected chi connectivity index (χ0v) is 9.28. The molecule has 0 atom stereocenters. The van der Waals surface area contributed by atoms with E-state index in [1.165, 1.54) is 19.3 Å². The summed E-state index contributed by atoms with van der Waals surface area (Å²) in [7, 11) is 0. The zero-order valence-electron chi connectivity index (χ0n) is 9.28. The molecule has 0 aromatic rings. The van der Waals surface area contributed by atoms with Gasteiger partial charge < -0.3 is 5.73 Å². The van der Waals surface area contributed by atoms with E-state index in [0.717, 1.165) is 32.5 Å². The smallest absolute Gasteiger partial charge is 0.0390 e. The molecule has 0 spiro atoms. The van der Waals surface area contributed by atoms with Gasteiger partial charge in [0.05, 0.1) is 0 Å². The second kappa shape index (κ2) is 12.3. The van der Waals surface area contributed by atoms with Gasteiger partial charge in [-0.25, -0.2) is 0 Å². The summed E-state index contributed by atoms with van der Waals surface area (Å²) in [6.07, 6.45) is 9.45. The van der Waals surface area contributed by atoms with Gasteiger partial charge in [-0.3, -0.25) is 9.98 Å². The van der Waals surface area contributed by atoms with Crippen LogP contribution in [0.1, 0.15) is 39.0 Å². The largest absolute Gasteiger partial charge is 0.330 e. The van der Waals surface area contributed by atoms with E-state index >= 15 is 0 Å². The lowest BCUT2D eigenvalue weighted by Gasteiger charge is -1.91. The van der Waals surface area contributed by atoms with E-state index in [1.54, 1.807) is 12.4 Å². The van der Waals surface area contributed by atoms with Crippen molar-refractivity contribution in [2.75, 3.05) is 19.6 Å². The number of hydrogen-bond acceptors (Lipinski definition) is 3. The highest BCUT2D eigenvalue weighted by molar-refractivity contribution is 6.15. The molecule has 0 aliphatic carbocycles. The van der Waals surface area contributed by atoms with Gasteiger partial charge in [0.25, 0.3) is 0 Å². The topological polar surface area (TPSA) is 50.7 Å². The van der Waals surface area contributed by atoms with E-state index in [9.17, 15) is 0 Å². The predicted molar refractivity (Wildman–Crippen MR) is 64.5 cm³/mol. The van der Waals surface area contributed by atoms with Crippen LogP contribution in [0.15, 0.2) is 9.98 Å². The van der Waals surface area contributed by atoms with Gasteiger partial charge in [0, 0.05) is 25.5 Å². The van der Waals surface area contributed by atoms with Crippen LogP contribution < -0.4 is 5.73 Å². The van der Waals surface area contributed by atoms with Crippen LogP contribution in [-0.2, 0) is 0 Å². The number of rotatable bonds is 9. The summed E-state index contributed by atoms with van der Waals surface area (Å²) in [4.78, 5) is 8.42. The summed E-state index contributed by atoms with van der Waals surface area (Å²) >= 11 is 0. The van der Waals surface area contributed by atoms with Gasteiger partial charge in [0.15, 0.2) is 0 Å². The third-order valence-electron chi connectivity index (χ3n) is 1.91. The number of hydrogen-bond donors (Lipinski definition) is 1. The van der Waals surface area contributed by atoms with E-state index in [4.69, 9.17) is 5.73 Å². The lowest BCUT2D eigenvalue weighted by molar-refractivity contribution is 0.729. The monoisotopic (exact) mass is 197 g/mol. The molecule has 82 valence electrons. The van der Waals surface area contributed by atoms with E-state index in [-0.39, 0.29) is 0 Å². The molecule has 0 unspecified atom stereocenters. The minimum absolute atomic E-state index is 0.765. The van der Waals surface area contributed by atoms with Crippen LogP contribution in [0.5, 0.6) is 0 Å². The highest BCUT2D eigenvalue weighted by Crippen LogP contribution is 1.92. The molecule has 0 heterocycles. The van der Waals surface area contributed by atoms with Crippen molar-refractivity contribution in [2.24, 2.45) is 15.7 Å². The number of aliphatic imine (C=N–C) groups is 2.